The van der Waals surface area contributed by atoms with Gasteiger partial charge in [0.2, 0.25) is 5.91 Å². The molecule has 118 valence electrons. The van der Waals surface area contributed by atoms with Gasteiger partial charge in [0.25, 0.3) is 5.91 Å². The number of benzene rings is 2. The molecule has 6 heteroatoms. The number of hydrogen-bond donors (Lipinski definition) is 2. The summed E-state index contributed by atoms with van der Waals surface area (Å²) in [6.07, 6.45) is -0.481. The molecule has 1 unspecified atom stereocenters. The number of anilines is 2. The van der Waals surface area contributed by atoms with Crippen molar-refractivity contribution in [2.75, 3.05) is 10.6 Å². The molecular weight excluding hydrogens is 299 g/mol. The smallest absolute Gasteiger partial charge is 0.265 e. The van der Waals surface area contributed by atoms with Crippen molar-refractivity contribution in [3.8, 4) is 5.75 Å². The highest BCUT2D eigenvalue weighted by Gasteiger charge is 2.23. The van der Waals surface area contributed by atoms with Gasteiger partial charge in [-0.3, -0.25) is 9.59 Å². The minimum Gasteiger partial charge on any atom is -0.479 e. The molecule has 2 aromatic rings. The third-order valence-corrected chi connectivity index (χ3v) is 3.45. The first-order chi connectivity index (χ1) is 11.0. The average molecular weight is 314 g/mol. The fraction of sp³-hybridized carbons (Fsp3) is 0.176. The second kappa shape index (κ2) is 6.08. The number of hydrogen-bond acceptors (Lipinski definition) is 3. The molecule has 2 N–H and O–H groups in total. The summed E-state index contributed by atoms with van der Waals surface area (Å²) in [6, 6.07) is 10.9. The number of ether oxygens (including phenoxy) is 1. The minimum atomic E-state index is -0.545. The van der Waals surface area contributed by atoms with E-state index in [0.717, 1.165) is 0 Å². The third-order valence-electron chi connectivity index (χ3n) is 3.45. The molecule has 5 nitrogen and oxygen atoms in total. The number of rotatable bonds is 3. The van der Waals surface area contributed by atoms with Gasteiger partial charge in [-0.1, -0.05) is 12.1 Å². The first-order valence-electron chi connectivity index (χ1n) is 7.17. The number of amides is 2. The Morgan fingerprint density at radius 3 is 2.91 bits per heavy atom. The van der Waals surface area contributed by atoms with Crippen LogP contribution < -0.4 is 15.4 Å². The molecule has 0 bridgehead atoms. The lowest BCUT2D eigenvalue weighted by Crippen LogP contribution is -2.34. The van der Waals surface area contributed by atoms with Crippen molar-refractivity contribution < 1.29 is 18.7 Å². The van der Waals surface area contributed by atoms with Gasteiger partial charge in [0, 0.05) is 5.69 Å². The SMILES string of the molecule is CC1Oc2ccc(NC(=O)Cc3cccc(F)c3)cc2NC1=O. The van der Waals surface area contributed by atoms with Crippen LogP contribution in [0, 0.1) is 5.82 Å². The van der Waals surface area contributed by atoms with E-state index in [1.165, 1.54) is 12.1 Å². The van der Waals surface area contributed by atoms with Crippen LogP contribution in [0.15, 0.2) is 42.5 Å². The molecule has 1 aliphatic heterocycles. The van der Waals surface area contributed by atoms with Crippen molar-refractivity contribution in [1.29, 1.82) is 0 Å². The Kier molecular flexibility index (Phi) is 3.97. The Morgan fingerprint density at radius 2 is 2.13 bits per heavy atom. The highest BCUT2D eigenvalue weighted by molar-refractivity contribution is 5.99. The second-order valence-electron chi connectivity index (χ2n) is 5.32. The summed E-state index contributed by atoms with van der Waals surface area (Å²) < 4.78 is 18.6. The van der Waals surface area contributed by atoms with E-state index in [4.69, 9.17) is 4.74 Å². The summed E-state index contributed by atoms with van der Waals surface area (Å²) in [5, 5.41) is 5.43. The van der Waals surface area contributed by atoms with Gasteiger partial charge in [-0.2, -0.15) is 0 Å². The van der Waals surface area contributed by atoms with Crippen LogP contribution in [0.4, 0.5) is 15.8 Å². The van der Waals surface area contributed by atoms with E-state index < -0.39 is 6.10 Å². The van der Waals surface area contributed by atoms with Crippen molar-refractivity contribution in [2.24, 2.45) is 0 Å². The third kappa shape index (κ3) is 3.48. The highest BCUT2D eigenvalue weighted by Crippen LogP contribution is 2.32. The van der Waals surface area contributed by atoms with Gasteiger partial charge in [0.05, 0.1) is 12.1 Å². The lowest BCUT2D eigenvalue weighted by atomic mass is 10.1. The van der Waals surface area contributed by atoms with E-state index in [9.17, 15) is 14.0 Å². The van der Waals surface area contributed by atoms with Crippen LogP contribution in [0.25, 0.3) is 0 Å². The standard InChI is InChI=1S/C17H15FN2O3/c1-10-17(22)20-14-9-13(5-6-15(14)23-10)19-16(21)8-11-3-2-4-12(18)7-11/h2-7,9-10H,8H2,1H3,(H,19,21)(H,20,22). The van der Waals surface area contributed by atoms with Gasteiger partial charge in [0.15, 0.2) is 6.10 Å². The fourth-order valence-electron chi connectivity index (χ4n) is 2.32. The van der Waals surface area contributed by atoms with Crippen LogP contribution >= 0.6 is 0 Å². The molecular formula is C17H15FN2O3. The summed E-state index contributed by atoms with van der Waals surface area (Å²) in [5.74, 6) is -0.328. The molecule has 3 rings (SSSR count). The van der Waals surface area contributed by atoms with Crippen molar-refractivity contribution in [3.63, 3.8) is 0 Å². The van der Waals surface area contributed by atoms with Crippen LogP contribution in [0.5, 0.6) is 5.75 Å². The van der Waals surface area contributed by atoms with Crippen LogP contribution in [-0.4, -0.2) is 17.9 Å². The summed E-state index contributed by atoms with van der Waals surface area (Å²) in [5.41, 5.74) is 1.63. The largest absolute Gasteiger partial charge is 0.479 e. The van der Waals surface area contributed by atoms with Gasteiger partial charge in [-0.25, -0.2) is 4.39 Å². The monoisotopic (exact) mass is 314 g/mol. The molecule has 1 atom stereocenters. The molecule has 0 saturated carbocycles. The van der Waals surface area contributed by atoms with E-state index in [-0.39, 0.29) is 24.1 Å². The zero-order valence-electron chi connectivity index (χ0n) is 12.4. The summed E-state index contributed by atoms with van der Waals surface area (Å²) >= 11 is 0. The molecule has 0 aromatic heterocycles. The van der Waals surface area contributed by atoms with Crippen molar-refractivity contribution in [2.45, 2.75) is 19.4 Å². The van der Waals surface area contributed by atoms with Crippen molar-refractivity contribution in [3.05, 3.63) is 53.8 Å². The number of fused-ring (bicyclic) bond motifs is 1. The summed E-state index contributed by atoms with van der Waals surface area (Å²) in [4.78, 5) is 23.6. The number of nitrogens with one attached hydrogen (secondary N) is 2. The Morgan fingerprint density at radius 1 is 1.30 bits per heavy atom. The number of carbonyl (C=O) groups is 2. The normalized spacial score (nSPS) is 16.1. The van der Waals surface area contributed by atoms with Gasteiger partial charge in [-0.05, 0) is 42.8 Å². The molecule has 2 amide bonds. The van der Waals surface area contributed by atoms with E-state index in [2.05, 4.69) is 10.6 Å². The second-order valence-corrected chi connectivity index (χ2v) is 5.32. The Hall–Kier alpha value is -2.89. The van der Waals surface area contributed by atoms with E-state index in [0.29, 0.717) is 22.7 Å². The number of carbonyl (C=O) groups excluding carboxylic acids is 2. The van der Waals surface area contributed by atoms with Gasteiger partial charge >= 0.3 is 0 Å². The van der Waals surface area contributed by atoms with E-state index in [1.807, 2.05) is 0 Å². The van der Waals surface area contributed by atoms with Crippen LogP contribution in [-0.2, 0) is 16.0 Å². The molecule has 0 fully saturated rings. The average Bonchev–Trinajstić information content (AvgIpc) is 2.48. The van der Waals surface area contributed by atoms with Gasteiger partial charge in [0.1, 0.15) is 11.6 Å². The van der Waals surface area contributed by atoms with Crippen LogP contribution in [0.2, 0.25) is 0 Å². The van der Waals surface area contributed by atoms with E-state index >= 15 is 0 Å². The highest BCUT2D eigenvalue weighted by atomic mass is 19.1. The lowest BCUT2D eigenvalue weighted by molar-refractivity contribution is -0.122. The zero-order valence-corrected chi connectivity index (χ0v) is 12.4. The van der Waals surface area contributed by atoms with Crippen LogP contribution in [0.3, 0.4) is 0 Å². The number of halogens is 1. The quantitative estimate of drug-likeness (QED) is 0.915. The molecule has 23 heavy (non-hydrogen) atoms. The summed E-state index contributed by atoms with van der Waals surface area (Å²) in [6.45, 7) is 1.66. The molecule has 2 aromatic carbocycles. The topological polar surface area (TPSA) is 67.4 Å². The molecule has 0 aliphatic carbocycles. The lowest BCUT2D eigenvalue weighted by Gasteiger charge is -2.23. The van der Waals surface area contributed by atoms with Crippen molar-refractivity contribution in [1.82, 2.24) is 0 Å². The molecule has 0 spiro atoms. The first-order valence-corrected chi connectivity index (χ1v) is 7.17. The Labute approximate surface area is 132 Å². The maximum atomic E-state index is 13.1. The minimum absolute atomic E-state index is 0.0642. The van der Waals surface area contributed by atoms with Crippen LogP contribution in [0.1, 0.15) is 12.5 Å². The zero-order chi connectivity index (χ0) is 16.4. The Bertz CT molecular complexity index is 776. The molecule has 1 aliphatic rings. The Balaban J connectivity index is 1.70. The van der Waals surface area contributed by atoms with Gasteiger partial charge in [-0.15, -0.1) is 0 Å². The summed E-state index contributed by atoms with van der Waals surface area (Å²) in [7, 11) is 0. The van der Waals surface area contributed by atoms with Crippen molar-refractivity contribution >= 4 is 23.2 Å². The molecule has 1 heterocycles. The first kappa shape index (κ1) is 15.0. The van der Waals surface area contributed by atoms with E-state index in [1.54, 1.807) is 37.3 Å². The molecule has 0 saturated heterocycles. The predicted octanol–water partition coefficient (Wildman–Crippen LogP) is 2.73. The maximum Gasteiger partial charge on any atom is 0.265 e. The molecule has 0 radical (unpaired) electrons. The predicted molar refractivity (Wildman–Crippen MR) is 83.9 cm³/mol. The van der Waals surface area contributed by atoms with Gasteiger partial charge < -0.3 is 15.4 Å². The maximum absolute atomic E-state index is 13.1. The fourth-order valence-corrected chi connectivity index (χ4v) is 2.32.